The number of aromatic nitrogens is 5. The van der Waals surface area contributed by atoms with Crippen molar-refractivity contribution < 1.29 is 14.6 Å². The molecule has 3 aromatic heterocycles. The maximum Gasteiger partial charge on any atom is 0.241 e. The molecule has 1 saturated carbocycles. The quantitative estimate of drug-likeness (QED) is 0.538. The number of fused-ring (bicyclic) bond motifs is 1. The van der Waals surface area contributed by atoms with E-state index in [4.69, 9.17) is 14.6 Å². The van der Waals surface area contributed by atoms with Gasteiger partial charge in [-0.1, -0.05) is 6.92 Å². The van der Waals surface area contributed by atoms with Gasteiger partial charge in [-0.25, -0.2) is 9.50 Å². The van der Waals surface area contributed by atoms with Crippen LogP contribution in [0.4, 0.5) is 5.95 Å². The molecule has 1 atom stereocenters. The Morgan fingerprint density at radius 1 is 1.30 bits per heavy atom. The van der Waals surface area contributed by atoms with Crippen molar-refractivity contribution in [2.75, 3.05) is 32.2 Å². The molecule has 178 valence electrons. The molecule has 2 N–H and O–H groups in total. The van der Waals surface area contributed by atoms with E-state index in [0.717, 1.165) is 48.7 Å². The SMILES string of the molecule is CC[C@]1(O)CC[C@@H](c2cc(-c3cnn(C4COC4)c3)c3cnc(N[C@@H](C)COC)nn32)CC1. The first kappa shape index (κ1) is 22.3. The molecular formula is C24H34N6O3. The highest BCUT2D eigenvalue weighted by atomic mass is 16.5. The Morgan fingerprint density at radius 2 is 2.09 bits per heavy atom. The van der Waals surface area contributed by atoms with E-state index in [2.05, 4.69) is 34.6 Å². The third-order valence-corrected chi connectivity index (χ3v) is 7.24. The van der Waals surface area contributed by atoms with Crippen LogP contribution in [-0.2, 0) is 9.47 Å². The molecular weight excluding hydrogens is 420 g/mol. The summed E-state index contributed by atoms with van der Waals surface area (Å²) >= 11 is 0. The maximum absolute atomic E-state index is 10.7. The average molecular weight is 455 g/mol. The van der Waals surface area contributed by atoms with Crippen molar-refractivity contribution in [3.63, 3.8) is 0 Å². The lowest BCUT2D eigenvalue weighted by molar-refractivity contribution is -0.0286. The molecule has 1 aliphatic heterocycles. The van der Waals surface area contributed by atoms with E-state index in [1.807, 2.05) is 28.5 Å². The molecule has 0 unspecified atom stereocenters. The maximum atomic E-state index is 10.7. The highest BCUT2D eigenvalue weighted by molar-refractivity contribution is 5.81. The molecule has 0 bridgehead atoms. The van der Waals surface area contributed by atoms with Gasteiger partial charge in [0.2, 0.25) is 5.95 Å². The Hall–Kier alpha value is -2.49. The molecule has 4 heterocycles. The number of methoxy groups -OCH3 is 1. The Kier molecular flexibility index (Phi) is 6.11. The van der Waals surface area contributed by atoms with Crippen molar-refractivity contribution in [1.82, 2.24) is 24.4 Å². The number of hydrogen-bond acceptors (Lipinski definition) is 7. The van der Waals surface area contributed by atoms with Crippen LogP contribution in [0.1, 0.15) is 63.6 Å². The van der Waals surface area contributed by atoms with Gasteiger partial charge < -0.3 is 19.9 Å². The minimum atomic E-state index is -0.532. The molecule has 0 amide bonds. The topological polar surface area (TPSA) is 98.7 Å². The van der Waals surface area contributed by atoms with Crippen molar-refractivity contribution >= 4 is 11.5 Å². The van der Waals surface area contributed by atoms with Gasteiger partial charge in [0.25, 0.3) is 0 Å². The molecule has 33 heavy (non-hydrogen) atoms. The normalized spacial score (nSPS) is 24.7. The van der Waals surface area contributed by atoms with Crippen LogP contribution in [0.15, 0.2) is 24.7 Å². The fourth-order valence-electron chi connectivity index (χ4n) is 4.97. The van der Waals surface area contributed by atoms with Crippen molar-refractivity contribution in [2.45, 2.75) is 69.6 Å². The zero-order valence-corrected chi connectivity index (χ0v) is 19.7. The minimum Gasteiger partial charge on any atom is -0.390 e. The van der Waals surface area contributed by atoms with Crippen molar-refractivity contribution in [2.24, 2.45) is 0 Å². The van der Waals surface area contributed by atoms with Gasteiger partial charge in [-0.2, -0.15) is 5.10 Å². The van der Waals surface area contributed by atoms with E-state index in [0.29, 0.717) is 37.7 Å². The molecule has 1 saturated heterocycles. The molecule has 9 heteroatoms. The molecule has 0 radical (unpaired) electrons. The van der Waals surface area contributed by atoms with Crippen LogP contribution in [0.2, 0.25) is 0 Å². The molecule has 9 nitrogen and oxygen atoms in total. The smallest absolute Gasteiger partial charge is 0.241 e. The van der Waals surface area contributed by atoms with Crippen LogP contribution in [-0.4, -0.2) is 68.1 Å². The summed E-state index contributed by atoms with van der Waals surface area (Å²) in [7, 11) is 1.69. The molecule has 0 aromatic carbocycles. The fourth-order valence-corrected chi connectivity index (χ4v) is 4.97. The van der Waals surface area contributed by atoms with Gasteiger partial charge in [0.05, 0.1) is 49.4 Å². The van der Waals surface area contributed by atoms with Gasteiger partial charge in [0, 0.05) is 42.1 Å². The highest BCUT2D eigenvalue weighted by Gasteiger charge is 2.34. The number of ether oxygens (including phenoxy) is 2. The van der Waals surface area contributed by atoms with Crippen molar-refractivity contribution in [3.8, 4) is 11.1 Å². The highest BCUT2D eigenvalue weighted by Crippen LogP contribution is 2.41. The Labute approximate surface area is 194 Å². The second kappa shape index (κ2) is 9.04. The summed E-state index contributed by atoms with van der Waals surface area (Å²) < 4.78 is 14.6. The van der Waals surface area contributed by atoms with Gasteiger partial charge in [-0.3, -0.25) is 4.68 Å². The molecule has 2 fully saturated rings. The monoisotopic (exact) mass is 454 g/mol. The molecule has 2 aliphatic rings. The van der Waals surface area contributed by atoms with Crippen LogP contribution in [0, 0.1) is 0 Å². The Bertz CT molecular complexity index is 1100. The second-order valence-electron chi connectivity index (χ2n) is 9.61. The molecule has 5 rings (SSSR count). The van der Waals surface area contributed by atoms with E-state index in [9.17, 15) is 5.11 Å². The zero-order chi connectivity index (χ0) is 23.0. The van der Waals surface area contributed by atoms with Crippen LogP contribution >= 0.6 is 0 Å². The van der Waals surface area contributed by atoms with Crippen LogP contribution in [0.5, 0.6) is 0 Å². The predicted molar refractivity (Wildman–Crippen MR) is 125 cm³/mol. The number of nitrogens with zero attached hydrogens (tertiary/aromatic N) is 5. The first-order chi connectivity index (χ1) is 16.0. The van der Waals surface area contributed by atoms with E-state index in [1.54, 1.807) is 7.11 Å². The molecule has 1 aliphatic carbocycles. The number of anilines is 1. The third-order valence-electron chi connectivity index (χ3n) is 7.24. The standard InChI is InChI=1S/C24H34N6O3/c1-4-24(31)7-5-17(6-8-24)21-9-20(18-10-26-29(12-18)19-14-33-15-19)22-11-25-23(28-30(21)22)27-16(2)13-32-3/h9-12,16-17,19,31H,4-8,13-15H2,1-3H3,(H,27,28)/t16-,17-,24+/m0/s1. The lowest BCUT2D eigenvalue weighted by Crippen LogP contribution is -2.32. The fraction of sp³-hybridized carbons (Fsp3) is 0.625. The van der Waals surface area contributed by atoms with E-state index < -0.39 is 5.60 Å². The van der Waals surface area contributed by atoms with Gasteiger partial charge in [0.15, 0.2) is 0 Å². The summed E-state index contributed by atoms with van der Waals surface area (Å²) in [5, 5.41) is 23.5. The van der Waals surface area contributed by atoms with Gasteiger partial charge >= 0.3 is 0 Å². The molecule has 0 spiro atoms. The number of hydrogen-bond donors (Lipinski definition) is 2. The van der Waals surface area contributed by atoms with Crippen molar-refractivity contribution in [3.05, 3.63) is 30.4 Å². The van der Waals surface area contributed by atoms with E-state index in [1.165, 1.54) is 5.69 Å². The van der Waals surface area contributed by atoms with Crippen molar-refractivity contribution in [1.29, 1.82) is 0 Å². The summed E-state index contributed by atoms with van der Waals surface area (Å²) in [6, 6.07) is 2.65. The summed E-state index contributed by atoms with van der Waals surface area (Å²) in [6.45, 7) is 6.12. The number of nitrogens with one attached hydrogen (secondary N) is 1. The average Bonchev–Trinajstić information content (AvgIpc) is 3.38. The zero-order valence-electron chi connectivity index (χ0n) is 19.7. The number of rotatable bonds is 8. The lowest BCUT2D eigenvalue weighted by atomic mass is 9.76. The lowest BCUT2D eigenvalue weighted by Gasteiger charge is -2.35. The third kappa shape index (κ3) is 4.37. The van der Waals surface area contributed by atoms with Crippen LogP contribution in [0.25, 0.3) is 16.6 Å². The largest absolute Gasteiger partial charge is 0.390 e. The predicted octanol–water partition coefficient (Wildman–Crippen LogP) is 3.41. The summed E-state index contributed by atoms with van der Waals surface area (Å²) in [5.41, 5.74) is 3.75. The summed E-state index contributed by atoms with van der Waals surface area (Å²) in [6.07, 6.45) is 10.2. The van der Waals surface area contributed by atoms with Crippen LogP contribution in [0.3, 0.4) is 0 Å². The van der Waals surface area contributed by atoms with Crippen LogP contribution < -0.4 is 5.32 Å². The first-order valence-electron chi connectivity index (χ1n) is 12.0. The van der Waals surface area contributed by atoms with Gasteiger partial charge in [0.1, 0.15) is 0 Å². The summed E-state index contributed by atoms with van der Waals surface area (Å²) in [4.78, 5) is 4.59. The Morgan fingerprint density at radius 3 is 2.76 bits per heavy atom. The first-order valence-corrected chi connectivity index (χ1v) is 12.0. The minimum absolute atomic E-state index is 0.100. The Balaban J connectivity index is 1.51. The van der Waals surface area contributed by atoms with Gasteiger partial charge in [-0.05, 0) is 45.1 Å². The summed E-state index contributed by atoms with van der Waals surface area (Å²) in [5.74, 6) is 0.922. The van der Waals surface area contributed by atoms with E-state index >= 15 is 0 Å². The molecule has 3 aromatic rings. The number of aliphatic hydroxyl groups is 1. The van der Waals surface area contributed by atoms with E-state index in [-0.39, 0.29) is 6.04 Å². The second-order valence-corrected chi connectivity index (χ2v) is 9.61. The van der Waals surface area contributed by atoms with Gasteiger partial charge in [-0.15, -0.1) is 5.10 Å².